The maximum atomic E-state index is 12.3. The molecule has 0 atom stereocenters. The summed E-state index contributed by atoms with van der Waals surface area (Å²) in [5.74, 6) is 0. The Bertz CT molecular complexity index is 686. The molecule has 0 spiro atoms. The van der Waals surface area contributed by atoms with Crippen LogP contribution >= 0.6 is 22.6 Å². The fourth-order valence-corrected chi connectivity index (χ4v) is 3.48. The van der Waals surface area contributed by atoms with Crippen LogP contribution in [0.15, 0.2) is 53.4 Å². The highest BCUT2D eigenvalue weighted by Crippen LogP contribution is 2.20. The van der Waals surface area contributed by atoms with Crippen LogP contribution in [0.2, 0.25) is 0 Å². The highest BCUT2D eigenvalue weighted by atomic mass is 127. The van der Waals surface area contributed by atoms with Gasteiger partial charge in [-0.3, -0.25) is 4.72 Å². The van der Waals surface area contributed by atoms with E-state index in [4.69, 9.17) is 0 Å². The van der Waals surface area contributed by atoms with Crippen molar-refractivity contribution in [1.29, 1.82) is 0 Å². The normalized spacial score (nSPS) is 11.3. The zero-order valence-corrected chi connectivity index (χ0v) is 12.8. The van der Waals surface area contributed by atoms with Crippen LogP contribution in [0.3, 0.4) is 0 Å². The minimum atomic E-state index is -3.69. The molecule has 0 saturated heterocycles. The second-order valence-corrected chi connectivity index (χ2v) is 6.78. The Hall–Kier alpha value is -1.12. The Labute approximate surface area is 125 Å². The Kier molecular flexibility index (Phi) is 4.43. The minimum absolute atomic E-state index is 0.0939. The zero-order chi connectivity index (χ0) is 13.9. The van der Waals surface area contributed by atoms with Crippen molar-refractivity contribution >= 4 is 38.3 Å². The Balaban J connectivity index is 2.38. The molecule has 0 aliphatic heterocycles. The molecule has 2 N–H and O–H groups in total. The number of aliphatic hydroxyl groups excluding tert-OH is 1. The second-order valence-electron chi connectivity index (χ2n) is 3.88. The van der Waals surface area contributed by atoms with E-state index in [1.807, 2.05) is 6.07 Å². The zero-order valence-electron chi connectivity index (χ0n) is 9.88. The van der Waals surface area contributed by atoms with Gasteiger partial charge in [-0.05, 0) is 52.4 Å². The summed E-state index contributed by atoms with van der Waals surface area (Å²) in [6, 6.07) is 13.4. The third-order valence-corrected chi connectivity index (χ3v) is 4.66. The van der Waals surface area contributed by atoms with Crippen LogP contribution in [0.5, 0.6) is 0 Å². The van der Waals surface area contributed by atoms with Crippen molar-refractivity contribution < 1.29 is 13.5 Å². The van der Waals surface area contributed by atoms with Gasteiger partial charge in [0.1, 0.15) is 0 Å². The standard InChI is InChI=1S/C13H12INO3S/c14-11-5-3-6-12(8-11)15-19(17,18)13-7-2-1-4-10(13)9-16/h1-8,15-16H,9H2. The van der Waals surface area contributed by atoms with Gasteiger partial charge in [-0.15, -0.1) is 0 Å². The molecule has 0 saturated carbocycles. The number of aliphatic hydroxyl groups is 1. The molecule has 0 aromatic heterocycles. The Morgan fingerprint density at radius 3 is 2.53 bits per heavy atom. The van der Waals surface area contributed by atoms with Gasteiger partial charge in [0.2, 0.25) is 0 Å². The number of nitrogens with one attached hydrogen (secondary N) is 1. The molecular weight excluding hydrogens is 377 g/mol. The van der Waals surface area contributed by atoms with Gasteiger partial charge in [-0.2, -0.15) is 0 Å². The fourth-order valence-electron chi connectivity index (χ4n) is 1.66. The van der Waals surface area contributed by atoms with Crippen LogP contribution in [-0.4, -0.2) is 13.5 Å². The molecule has 0 aliphatic rings. The van der Waals surface area contributed by atoms with Gasteiger partial charge < -0.3 is 5.11 Å². The average Bonchev–Trinajstić information content (AvgIpc) is 2.38. The molecule has 0 radical (unpaired) electrons. The predicted octanol–water partition coefficient (Wildman–Crippen LogP) is 2.58. The minimum Gasteiger partial charge on any atom is -0.392 e. The molecule has 4 nitrogen and oxygen atoms in total. The fraction of sp³-hybridized carbons (Fsp3) is 0.0769. The van der Waals surface area contributed by atoms with E-state index in [-0.39, 0.29) is 11.5 Å². The number of rotatable bonds is 4. The highest BCUT2D eigenvalue weighted by Gasteiger charge is 2.17. The summed E-state index contributed by atoms with van der Waals surface area (Å²) in [7, 11) is -3.69. The quantitative estimate of drug-likeness (QED) is 0.791. The predicted molar refractivity (Wildman–Crippen MR) is 82.3 cm³/mol. The van der Waals surface area contributed by atoms with Crippen molar-refractivity contribution in [2.75, 3.05) is 4.72 Å². The van der Waals surface area contributed by atoms with Crippen molar-refractivity contribution in [3.8, 4) is 0 Å². The van der Waals surface area contributed by atoms with E-state index < -0.39 is 10.0 Å². The summed E-state index contributed by atoms with van der Waals surface area (Å²) in [5, 5.41) is 9.20. The molecule has 100 valence electrons. The highest BCUT2D eigenvalue weighted by molar-refractivity contribution is 14.1. The molecule has 0 unspecified atom stereocenters. The van der Waals surface area contributed by atoms with Gasteiger partial charge in [0.05, 0.1) is 11.5 Å². The third-order valence-electron chi connectivity index (χ3n) is 2.51. The van der Waals surface area contributed by atoms with E-state index in [2.05, 4.69) is 27.3 Å². The van der Waals surface area contributed by atoms with Crippen molar-refractivity contribution in [3.63, 3.8) is 0 Å². The molecule has 0 fully saturated rings. The summed E-state index contributed by atoms with van der Waals surface area (Å²) >= 11 is 2.11. The summed E-state index contributed by atoms with van der Waals surface area (Å²) in [6.07, 6.45) is 0. The summed E-state index contributed by atoms with van der Waals surface area (Å²) in [5.41, 5.74) is 0.875. The average molecular weight is 389 g/mol. The molecular formula is C13H12INO3S. The lowest BCUT2D eigenvalue weighted by Crippen LogP contribution is -2.15. The van der Waals surface area contributed by atoms with Crippen molar-refractivity contribution in [2.24, 2.45) is 0 Å². The van der Waals surface area contributed by atoms with E-state index in [0.29, 0.717) is 11.3 Å². The van der Waals surface area contributed by atoms with Crippen LogP contribution < -0.4 is 4.72 Å². The van der Waals surface area contributed by atoms with Crippen LogP contribution in [0.25, 0.3) is 0 Å². The number of sulfonamides is 1. The molecule has 0 aliphatic carbocycles. The third kappa shape index (κ3) is 3.46. The van der Waals surface area contributed by atoms with E-state index >= 15 is 0 Å². The first-order chi connectivity index (χ1) is 9.03. The first kappa shape index (κ1) is 14.3. The number of hydrogen-bond donors (Lipinski definition) is 2. The summed E-state index contributed by atoms with van der Waals surface area (Å²) < 4.78 is 28.0. The monoisotopic (exact) mass is 389 g/mol. The van der Waals surface area contributed by atoms with Gasteiger partial charge in [0.15, 0.2) is 0 Å². The van der Waals surface area contributed by atoms with Crippen molar-refractivity contribution in [2.45, 2.75) is 11.5 Å². The lowest BCUT2D eigenvalue weighted by atomic mass is 10.2. The molecule has 0 bridgehead atoms. The largest absolute Gasteiger partial charge is 0.392 e. The van der Waals surface area contributed by atoms with Gasteiger partial charge in [-0.1, -0.05) is 24.3 Å². The molecule has 6 heteroatoms. The van der Waals surface area contributed by atoms with E-state index in [0.717, 1.165) is 3.57 Å². The van der Waals surface area contributed by atoms with Crippen LogP contribution in [-0.2, 0) is 16.6 Å². The van der Waals surface area contributed by atoms with Crippen LogP contribution in [0.1, 0.15) is 5.56 Å². The van der Waals surface area contributed by atoms with Gasteiger partial charge in [-0.25, -0.2) is 8.42 Å². The smallest absolute Gasteiger partial charge is 0.262 e. The first-order valence-electron chi connectivity index (χ1n) is 5.50. The topological polar surface area (TPSA) is 66.4 Å². The SMILES string of the molecule is O=S(=O)(Nc1cccc(I)c1)c1ccccc1CO. The summed E-state index contributed by atoms with van der Waals surface area (Å²) in [4.78, 5) is 0.0939. The first-order valence-corrected chi connectivity index (χ1v) is 8.06. The van der Waals surface area contributed by atoms with Gasteiger partial charge in [0, 0.05) is 9.26 Å². The van der Waals surface area contributed by atoms with Gasteiger partial charge >= 0.3 is 0 Å². The van der Waals surface area contributed by atoms with Crippen molar-refractivity contribution in [1.82, 2.24) is 0 Å². The maximum Gasteiger partial charge on any atom is 0.262 e. The second kappa shape index (κ2) is 5.89. The van der Waals surface area contributed by atoms with Gasteiger partial charge in [0.25, 0.3) is 10.0 Å². The lowest BCUT2D eigenvalue weighted by Gasteiger charge is -2.11. The number of benzene rings is 2. The Morgan fingerprint density at radius 1 is 1.11 bits per heavy atom. The molecule has 2 aromatic rings. The van der Waals surface area contributed by atoms with Crippen molar-refractivity contribution in [3.05, 3.63) is 57.7 Å². The summed E-state index contributed by atoms with van der Waals surface area (Å²) in [6.45, 7) is -0.316. The molecule has 2 rings (SSSR count). The number of halogens is 1. The molecule has 19 heavy (non-hydrogen) atoms. The molecule has 0 heterocycles. The maximum absolute atomic E-state index is 12.3. The van der Waals surface area contributed by atoms with E-state index in [1.165, 1.54) is 6.07 Å². The molecule has 0 amide bonds. The van der Waals surface area contributed by atoms with E-state index in [1.54, 1.807) is 36.4 Å². The lowest BCUT2D eigenvalue weighted by molar-refractivity contribution is 0.278. The van der Waals surface area contributed by atoms with Crippen LogP contribution in [0, 0.1) is 3.57 Å². The van der Waals surface area contributed by atoms with E-state index in [9.17, 15) is 13.5 Å². The number of anilines is 1. The van der Waals surface area contributed by atoms with Crippen LogP contribution in [0.4, 0.5) is 5.69 Å². The Morgan fingerprint density at radius 2 is 1.84 bits per heavy atom. The number of hydrogen-bond acceptors (Lipinski definition) is 3. The molecule has 2 aromatic carbocycles.